The topological polar surface area (TPSA) is 73.4 Å². The van der Waals surface area contributed by atoms with Crippen molar-refractivity contribution < 1.29 is 4.79 Å². The molecule has 0 aliphatic rings. The van der Waals surface area contributed by atoms with E-state index in [4.69, 9.17) is 0 Å². The van der Waals surface area contributed by atoms with Crippen LogP contribution in [0.4, 0.5) is 5.69 Å². The lowest BCUT2D eigenvalue weighted by Gasteiger charge is -2.20. The van der Waals surface area contributed by atoms with Crippen molar-refractivity contribution in [2.45, 2.75) is 13.8 Å². The Morgan fingerprint density at radius 1 is 1.00 bits per heavy atom. The molecule has 0 atom stereocenters. The minimum atomic E-state index is -0.337. The van der Waals surface area contributed by atoms with E-state index in [-0.39, 0.29) is 5.91 Å². The molecule has 0 bridgehead atoms. The summed E-state index contributed by atoms with van der Waals surface area (Å²) in [6, 6.07) is 24.1. The number of H-pyrrole nitrogens is 1. The maximum absolute atomic E-state index is 12.4. The molecule has 3 aromatic carbocycles. The van der Waals surface area contributed by atoms with Gasteiger partial charge in [0, 0.05) is 24.3 Å². The third-order valence-corrected chi connectivity index (χ3v) is 5.27. The summed E-state index contributed by atoms with van der Waals surface area (Å²) in [6.07, 6.45) is 1.63. The van der Waals surface area contributed by atoms with E-state index in [2.05, 4.69) is 75.9 Å². The van der Waals surface area contributed by atoms with Crippen LogP contribution in [0.3, 0.4) is 0 Å². The van der Waals surface area contributed by atoms with Gasteiger partial charge in [-0.1, -0.05) is 48.5 Å². The molecule has 0 saturated carbocycles. The van der Waals surface area contributed by atoms with E-state index in [0.717, 1.165) is 29.6 Å². The van der Waals surface area contributed by atoms with Crippen molar-refractivity contribution in [2.75, 3.05) is 18.0 Å². The number of anilines is 1. The first-order valence-electron chi connectivity index (χ1n) is 10.4. The number of carbonyl (C=O) groups is 1. The summed E-state index contributed by atoms with van der Waals surface area (Å²) in [5.41, 5.74) is 6.66. The smallest absolute Gasteiger partial charge is 0.289 e. The van der Waals surface area contributed by atoms with Crippen LogP contribution in [0.2, 0.25) is 0 Å². The summed E-state index contributed by atoms with van der Waals surface area (Å²) in [6.45, 7) is 6.20. The maximum Gasteiger partial charge on any atom is 0.289 e. The average Bonchev–Trinajstić information content (AvgIpc) is 3.31. The van der Waals surface area contributed by atoms with Gasteiger partial charge in [-0.2, -0.15) is 10.2 Å². The van der Waals surface area contributed by atoms with Crippen LogP contribution in [0.25, 0.3) is 22.0 Å². The van der Waals surface area contributed by atoms with Gasteiger partial charge >= 0.3 is 0 Å². The third-order valence-electron chi connectivity index (χ3n) is 5.27. The summed E-state index contributed by atoms with van der Waals surface area (Å²) >= 11 is 0. The van der Waals surface area contributed by atoms with Crippen molar-refractivity contribution >= 4 is 28.6 Å². The number of fused-ring (bicyclic) bond motifs is 1. The molecule has 1 amide bonds. The molecule has 4 aromatic rings. The highest BCUT2D eigenvalue weighted by Gasteiger charge is 2.11. The number of amides is 1. The van der Waals surface area contributed by atoms with Gasteiger partial charge in [0.05, 0.1) is 11.9 Å². The fourth-order valence-electron chi connectivity index (χ4n) is 3.52. The van der Waals surface area contributed by atoms with Gasteiger partial charge in [0.1, 0.15) is 5.69 Å². The number of nitrogens with zero attached hydrogens (tertiary/aromatic N) is 3. The van der Waals surface area contributed by atoms with Gasteiger partial charge in [0.2, 0.25) is 0 Å². The lowest BCUT2D eigenvalue weighted by molar-refractivity contribution is 0.0950. The van der Waals surface area contributed by atoms with Gasteiger partial charge in [0.25, 0.3) is 5.91 Å². The molecule has 0 fully saturated rings. The normalized spacial score (nSPS) is 11.2. The number of nitrogens with one attached hydrogen (secondary N) is 2. The van der Waals surface area contributed by atoms with Gasteiger partial charge in [-0.05, 0) is 54.4 Å². The molecule has 1 heterocycles. The van der Waals surface area contributed by atoms with Crippen LogP contribution in [0.15, 0.2) is 77.9 Å². The molecular weight excluding hydrogens is 386 g/mol. The summed E-state index contributed by atoms with van der Waals surface area (Å²) in [4.78, 5) is 14.7. The van der Waals surface area contributed by atoms with Gasteiger partial charge in [0.15, 0.2) is 0 Å². The molecule has 0 unspecified atom stereocenters. The van der Waals surface area contributed by atoms with Crippen LogP contribution in [-0.4, -0.2) is 35.4 Å². The van der Waals surface area contributed by atoms with Crippen LogP contribution in [0, 0.1) is 0 Å². The SMILES string of the molecule is CCN(CC)c1ccc(/C=N\NC(=O)c2cc(-c3ccc4ccccc4c3)n[nH]2)cc1. The molecule has 4 rings (SSSR count). The fraction of sp³-hybridized carbons (Fsp3) is 0.160. The van der Waals surface area contributed by atoms with E-state index >= 15 is 0 Å². The Morgan fingerprint density at radius 2 is 1.74 bits per heavy atom. The molecule has 0 saturated heterocycles. The van der Waals surface area contributed by atoms with Gasteiger partial charge in [-0.15, -0.1) is 0 Å². The van der Waals surface area contributed by atoms with E-state index < -0.39 is 0 Å². The lowest BCUT2D eigenvalue weighted by Crippen LogP contribution is -2.21. The predicted molar refractivity (Wildman–Crippen MR) is 127 cm³/mol. The molecule has 0 spiro atoms. The molecule has 156 valence electrons. The van der Waals surface area contributed by atoms with E-state index in [0.29, 0.717) is 11.4 Å². The zero-order valence-corrected chi connectivity index (χ0v) is 17.7. The standard InChI is InChI=1S/C25H25N5O/c1-3-30(4-2)22-13-9-18(10-14-22)17-26-29-25(31)24-16-23(27-28-24)21-12-11-19-7-5-6-8-20(19)15-21/h5-17H,3-4H2,1-2H3,(H,27,28)(H,29,31)/b26-17-. The highest BCUT2D eigenvalue weighted by atomic mass is 16.2. The van der Waals surface area contributed by atoms with Gasteiger partial charge < -0.3 is 4.90 Å². The lowest BCUT2D eigenvalue weighted by atomic mass is 10.1. The zero-order chi connectivity index (χ0) is 21.6. The Kier molecular flexibility index (Phi) is 6.08. The predicted octanol–water partition coefficient (Wildman–Crippen LogP) is 4.84. The minimum absolute atomic E-state index is 0.337. The molecular formula is C25H25N5O. The van der Waals surface area contributed by atoms with Crippen molar-refractivity contribution in [2.24, 2.45) is 5.10 Å². The molecule has 31 heavy (non-hydrogen) atoms. The van der Waals surface area contributed by atoms with Crippen LogP contribution in [0.1, 0.15) is 29.9 Å². The number of hydrogen-bond donors (Lipinski definition) is 2. The molecule has 2 N–H and O–H groups in total. The molecule has 6 nitrogen and oxygen atoms in total. The highest BCUT2D eigenvalue weighted by Crippen LogP contribution is 2.23. The summed E-state index contributed by atoms with van der Waals surface area (Å²) in [5.74, 6) is -0.337. The molecule has 0 aliphatic carbocycles. The van der Waals surface area contributed by atoms with Crippen molar-refractivity contribution in [1.82, 2.24) is 15.6 Å². The minimum Gasteiger partial charge on any atom is -0.372 e. The molecule has 1 aromatic heterocycles. The number of rotatable bonds is 7. The second-order valence-corrected chi connectivity index (χ2v) is 7.19. The quantitative estimate of drug-likeness (QED) is 0.338. The molecule has 0 radical (unpaired) electrons. The van der Waals surface area contributed by atoms with Crippen molar-refractivity contribution in [3.63, 3.8) is 0 Å². The van der Waals surface area contributed by atoms with Crippen molar-refractivity contribution in [1.29, 1.82) is 0 Å². The highest BCUT2D eigenvalue weighted by molar-refractivity contribution is 5.94. The maximum atomic E-state index is 12.4. The Balaban J connectivity index is 1.40. The number of hydrogen-bond acceptors (Lipinski definition) is 4. The van der Waals surface area contributed by atoms with Crippen LogP contribution in [-0.2, 0) is 0 Å². The fourth-order valence-corrected chi connectivity index (χ4v) is 3.52. The van der Waals surface area contributed by atoms with Gasteiger partial charge in [-0.25, -0.2) is 5.43 Å². The number of carbonyl (C=O) groups excluding carboxylic acids is 1. The van der Waals surface area contributed by atoms with E-state index in [9.17, 15) is 4.79 Å². The Labute approximate surface area is 181 Å². The second-order valence-electron chi connectivity index (χ2n) is 7.19. The average molecular weight is 412 g/mol. The summed E-state index contributed by atoms with van der Waals surface area (Å²) < 4.78 is 0. The Hall–Kier alpha value is -3.93. The van der Waals surface area contributed by atoms with E-state index in [1.807, 2.05) is 30.3 Å². The van der Waals surface area contributed by atoms with Crippen LogP contribution >= 0.6 is 0 Å². The number of aromatic nitrogens is 2. The first-order valence-corrected chi connectivity index (χ1v) is 10.4. The molecule has 6 heteroatoms. The summed E-state index contributed by atoms with van der Waals surface area (Å²) in [5, 5.41) is 13.4. The van der Waals surface area contributed by atoms with Crippen LogP contribution < -0.4 is 10.3 Å². The third kappa shape index (κ3) is 4.64. The van der Waals surface area contributed by atoms with Crippen molar-refractivity contribution in [3.8, 4) is 11.3 Å². The monoisotopic (exact) mass is 411 g/mol. The van der Waals surface area contributed by atoms with E-state index in [1.54, 1.807) is 12.3 Å². The Morgan fingerprint density at radius 3 is 2.48 bits per heavy atom. The zero-order valence-electron chi connectivity index (χ0n) is 17.7. The summed E-state index contributed by atoms with van der Waals surface area (Å²) in [7, 11) is 0. The van der Waals surface area contributed by atoms with Crippen molar-refractivity contribution in [3.05, 3.63) is 84.1 Å². The number of aromatic amines is 1. The number of benzene rings is 3. The number of hydrazone groups is 1. The first-order chi connectivity index (χ1) is 15.2. The Bertz CT molecular complexity index is 1210. The van der Waals surface area contributed by atoms with Crippen LogP contribution in [0.5, 0.6) is 0 Å². The largest absolute Gasteiger partial charge is 0.372 e. The van der Waals surface area contributed by atoms with E-state index in [1.165, 1.54) is 11.1 Å². The second kappa shape index (κ2) is 9.26. The van der Waals surface area contributed by atoms with Gasteiger partial charge in [-0.3, -0.25) is 9.89 Å². The molecule has 0 aliphatic heterocycles. The first kappa shape index (κ1) is 20.3.